The molecule has 4 nitrogen and oxygen atoms in total. The smallest absolute Gasteiger partial charge is 0.265 e. The Balaban J connectivity index is 2.17. The van der Waals surface area contributed by atoms with Crippen LogP contribution in [0.25, 0.3) is 0 Å². The van der Waals surface area contributed by atoms with Crippen molar-refractivity contribution in [2.24, 2.45) is 5.84 Å². The lowest BCUT2D eigenvalue weighted by atomic mass is 10.1. The van der Waals surface area contributed by atoms with Crippen molar-refractivity contribution < 1.29 is 9.53 Å². The average Bonchev–Trinajstić information content (AvgIpc) is 2.53. The number of hydrazine groups is 1. The fraction of sp³-hybridized carbons (Fsp3) is 0.188. The average molecular weight is 302 g/mol. The van der Waals surface area contributed by atoms with E-state index in [1.54, 1.807) is 31.0 Å². The van der Waals surface area contributed by atoms with Crippen LogP contribution in [0, 0.1) is 6.92 Å². The minimum atomic E-state index is -0.306. The molecule has 0 atom stereocenters. The van der Waals surface area contributed by atoms with Gasteiger partial charge in [-0.3, -0.25) is 10.2 Å². The molecule has 110 valence electrons. The Bertz CT molecular complexity index is 627. The van der Waals surface area contributed by atoms with Gasteiger partial charge in [-0.1, -0.05) is 17.7 Å². The molecule has 2 aromatic carbocycles. The normalized spacial score (nSPS) is 10.2. The van der Waals surface area contributed by atoms with E-state index in [1.165, 1.54) is 10.5 Å². The number of aryl methyl sites for hydroxylation is 1. The quantitative estimate of drug-likeness (QED) is 0.386. The van der Waals surface area contributed by atoms with Crippen molar-refractivity contribution in [1.29, 1.82) is 0 Å². The van der Waals surface area contributed by atoms with Crippen molar-refractivity contribution in [2.45, 2.75) is 17.6 Å². The molecule has 0 heterocycles. The molecule has 2 rings (SSSR count). The van der Waals surface area contributed by atoms with Crippen molar-refractivity contribution in [3.8, 4) is 5.75 Å². The largest absolute Gasteiger partial charge is 0.496 e. The molecule has 21 heavy (non-hydrogen) atoms. The van der Waals surface area contributed by atoms with E-state index in [4.69, 9.17) is 10.6 Å². The van der Waals surface area contributed by atoms with Gasteiger partial charge < -0.3 is 4.74 Å². The number of rotatable bonds is 5. The van der Waals surface area contributed by atoms with E-state index in [9.17, 15) is 4.79 Å². The van der Waals surface area contributed by atoms with E-state index >= 15 is 0 Å². The molecular formula is C16H18N2O2S. The van der Waals surface area contributed by atoms with Crippen molar-refractivity contribution in [1.82, 2.24) is 5.43 Å². The first kappa shape index (κ1) is 15.4. The van der Waals surface area contributed by atoms with E-state index in [2.05, 4.69) is 36.6 Å². The van der Waals surface area contributed by atoms with Crippen LogP contribution < -0.4 is 16.0 Å². The lowest BCUT2D eigenvalue weighted by molar-refractivity contribution is 0.0953. The number of benzene rings is 2. The highest BCUT2D eigenvalue weighted by molar-refractivity contribution is 7.98. The minimum absolute atomic E-state index is 0.306. The molecule has 0 aliphatic carbocycles. The monoisotopic (exact) mass is 302 g/mol. The number of nitrogens with one attached hydrogen (secondary N) is 1. The Hall–Kier alpha value is -1.98. The summed E-state index contributed by atoms with van der Waals surface area (Å²) < 4.78 is 5.34. The minimum Gasteiger partial charge on any atom is -0.496 e. The molecule has 0 fully saturated rings. The van der Waals surface area contributed by atoms with Crippen molar-refractivity contribution in [3.05, 3.63) is 59.2 Å². The lowest BCUT2D eigenvalue weighted by Crippen LogP contribution is -2.30. The number of hydrogen-bond donors (Lipinski definition) is 2. The van der Waals surface area contributed by atoms with Crippen LogP contribution in [0.4, 0.5) is 0 Å². The van der Waals surface area contributed by atoms with E-state index in [-0.39, 0.29) is 5.91 Å². The summed E-state index contributed by atoms with van der Waals surface area (Å²) in [7, 11) is 1.62. The second-order valence-corrected chi connectivity index (χ2v) is 5.65. The fourth-order valence-electron chi connectivity index (χ4n) is 1.91. The summed E-state index contributed by atoms with van der Waals surface area (Å²) in [5.74, 6) is 6.35. The van der Waals surface area contributed by atoms with Crippen molar-refractivity contribution in [3.63, 3.8) is 0 Å². The number of carbonyl (C=O) groups is 1. The van der Waals surface area contributed by atoms with Gasteiger partial charge in [-0.2, -0.15) is 0 Å². The summed E-state index contributed by atoms with van der Waals surface area (Å²) >= 11 is 1.70. The van der Waals surface area contributed by atoms with Gasteiger partial charge in [0.25, 0.3) is 5.91 Å². The van der Waals surface area contributed by atoms with Crippen LogP contribution >= 0.6 is 11.8 Å². The SMILES string of the molecule is COc1ccc(C(=O)NN)cc1CSc1ccc(C)cc1. The first-order valence-corrected chi connectivity index (χ1v) is 7.50. The van der Waals surface area contributed by atoms with Crippen LogP contribution in [0.2, 0.25) is 0 Å². The van der Waals surface area contributed by atoms with Gasteiger partial charge in [-0.25, -0.2) is 5.84 Å². The zero-order valence-electron chi connectivity index (χ0n) is 12.1. The van der Waals surface area contributed by atoms with Gasteiger partial charge in [0.2, 0.25) is 0 Å². The molecule has 0 bridgehead atoms. The number of nitrogen functional groups attached to an aromatic ring is 1. The molecule has 0 saturated carbocycles. The van der Waals surface area contributed by atoms with E-state index < -0.39 is 0 Å². The summed E-state index contributed by atoms with van der Waals surface area (Å²) in [5, 5.41) is 0. The van der Waals surface area contributed by atoms with Crippen molar-refractivity contribution >= 4 is 17.7 Å². The number of nitrogens with two attached hydrogens (primary N) is 1. The van der Waals surface area contributed by atoms with E-state index in [1.807, 2.05) is 6.07 Å². The first-order valence-electron chi connectivity index (χ1n) is 6.51. The Labute approximate surface area is 128 Å². The number of amides is 1. The van der Waals surface area contributed by atoms with E-state index in [0.29, 0.717) is 5.56 Å². The Morgan fingerprint density at radius 2 is 1.95 bits per heavy atom. The van der Waals surface area contributed by atoms with Gasteiger partial charge >= 0.3 is 0 Å². The van der Waals surface area contributed by atoms with Gasteiger partial charge in [0.05, 0.1) is 7.11 Å². The number of thioether (sulfide) groups is 1. The van der Waals surface area contributed by atoms with Crippen LogP contribution in [0.1, 0.15) is 21.5 Å². The van der Waals surface area contributed by atoms with Crippen LogP contribution in [0.5, 0.6) is 5.75 Å². The predicted octanol–water partition coefficient (Wildman–Crippen LogP) is 2.90. The van der Waals surface area contributed by atoms with Gasteiger partial charge in [0.15, 0.2) is 0 Å². The Morgan fingerprint density at radius 1 is 1.24 bits per heavy atom. The van der Waals surface area contributed by atoms with Crippen LogP contribution in [0.3, 0.4) is 0 Å². The van der Waals surface area contributed by atoms with E-state index in [0.717, 1.165) is 17.1 Å². The zero-order valence-corrected chi connectivity index (χ0v) is 12.9. The second kappa shape index (κ2) is 7.15. The molecule has 0 saturated heterocycles. The summed E-state index contributed by atoms with van der Waals surface area (Å²) in [6.45, 7) is 2.06. The molecular weight excluding hydrogens is 284 g/mol. The Kier molecular flexibility index (Phi) is 5.25. The number of hydrogen-bond acceptors (Lipinski definition) is 4. The maximum atomic E-state index is 11.6. The van der Waals surface area contributed by atoms with Crippen LogP contribution in [-0.2, 0) is 5.75 Å². The first-order chi connectivity index (χ1) is 10.1. The van der Waals surface area contributed by atoms with Crippen molar-refractivity contribution in [2.75, 3.05) is 7.11 Å². The summed E-state index contributed by atoms with van der Waals surface area (Å²) in [6, 6.07) is 13.6. The summed E-state index contributed by atoms with van der Waals surface area (Å²) in [4.78, 5) is 12.8. The third-order valence-electron chi connectivity index (χ3n) is 3.09. The molecule has 2 aromatic rings. The highest BCUT2D eigenvalue weighted by Crippen LogP contribution is 2.29. The second-order valence-electron chi connectivity index (χ2n) is 4.60. The lowest BCUT2D eigenvalue weighted by Gasteiger charge is -2.10. The number of carbonyl (C=O) groups excluding carboxylic acids is 1. The summed E-state index contributed by atoms with van der Waals surface area (Å²) in [5.41, 5.74) is 4.86. The van der Waals surface area contributed by atoms with Gasteiger partial charge in [-0.15, -0.1) is 11.8 Å². The number of methoxy groups -OCH3 is 1. The molecule has 5 heteroatoms. The molecule has 0 unspecified atom stereocenters. The van der Waals surface area contributed by atoms with Gasteiger partial charge in [0.1, 0.15) is 5.75 Å². The molecule has 0 spiro atoms. The third kappa shape index (κ3) is 4.00. The highest BCUT2D eigenvalue weighted by Gasteiger charge is 2.09. The van der Waals surface area contributed by atoms with Gasteiger partial charge in [-0.05, 0) is 37.3 Å². The molecule has 0 aliphatic heterocycles. The molecule has 0 aliphatic rings. The maximum Gasteiger partial charge on any atom is 0.265 e. The molecule has 3 N–H and O–H groups in total. The van der Waals surface area contributed by atoms with Crippen LogP contribution in [-0.4, -0.2) is 13.0 Å². The van der Waals surface area contributed by atoms with Gasteiger partial charge in [0, 0.05) is 21.8 Å². The molecule has 0 aromatic heterocycles. The highest BCUT2D eigenvalue weighted by atomic mass is 32.2. The van der Waals surface area contributed by atoms with Crippen LogP contribution in [0.15, 0.2) is 47.4 Å². The third-order valence-corrected chi connectivity index (χ3v) is 4.15. The standard InChI is InChI=1S/C16H18N2O2S/c1-11-3-6-14(7-4-11)21-10-13-9-12(16(19)18-17)5-8-15(13)20-2/h3-9H,10,17H2,1-2H3,(H,18,19). The zero-order chi connectivity index (χ0) is 15.2. The predicted molar refractivity (Wildman–Crippen MR) is 85.4 cm³/mol. The fourth-order valence-corrected chi connectivity index (χ4v) is 2.79. The number of ether oxygens (including phenoxy) is 1. The Morgan fingerprint density at radius 3 is 2.57 bits per heavy atom. The molecule has 0 radical (unpaired) electrons. The topological polar surface area (TPSA) is 64.3 Å². The maximum absolute atomic E-state index is 11.6. The molecule has 1 amide bonds. The summed E-state index contributed by atoms with van der Waals surface area (Å²) in [6.07, 6.45) is 0.